The molecular weight excluding hydrogens is 182 g/mol. The fraction of sp³-hybridized carbons (Fsp3) is 0.300. The molecule has 0 spiro atoms. The second-order valence-corrected chi connectivity index (χ2v) is 3.24. The van der Waals surface area contributed by atoms with Crippen LogP contribution in [-0.4, -0.2) is 16.9 Å². The van der Waals surface area contributed by atoms with Crippen LogP contribution in [0, 0.1) is 0 Å². The molecule has 2 rings (SSSR count). The fourth-order valence-corrected chi connectivity index (χ4v) is 1.54. The summed E-state index contributed by atoms with van der Waals surface area (Å²) in [7, 11) is 0. The van der Waals surface area contributed by atoms with Crippen molar-refractivity contribution in [2.45, 2.75) is 18.8 Å². The Balaban J connectivity index is 2.19. The maximum Gasteiger partial charge on any atom is 0.314 e. The van der Waals surface area contributed by atoms with Crippen LogP contribution in [0.4, 0.5) is 0 Å². The van der Waals surface area contributed by atoms with E-state index in [1.54, 1.807) is 18.5 Å². The zero-order valence-corrected chi connectivity index (χ0v) is 7.47. The van der Waals surface area contributed by atoms with Crippen LogP contribution >= 0.6 is 0 Å². The van der Waals surface area contributed by atoms with Gasteiger partial charge in [0.2, 0.25) is 0 Å². The molecule has 1 saturated heterocycles. The highest BCUT2D eigenvalue weighted by Crippen LogP contribution is 2.27. The van der Waals surface area contributed by atoms with Gasteiger partial charge < -0.3 is 4.74 Å². The van der Waals surface area contributed by atoms with Gasteiger partial charge in [0.25, 0.3) is 0 Å². The summed E-state index contributed by atoms with van der Waals surface area (Å²) >= 11 is 0. The number of pyridine rings is 1. The van der Waals surface area contributed by atoms with Gasteiger partial charge in [-0.05, 0) is 11.6 Å². The Morgan fingerprint density at radius 2 is 2.00 bits per heavy atom. The van der Waals surface area contributed by atoms with Crippen molar-refractivity contribution in [3.63, 3.8) is 0 Å². The van der Waals surface area contributed by atoms with Crippen molar-refractivity contribution in [1.29, 1.82) is 0 Å². The largest absolute Gasteiger partial charge is 0.393 e. The predicted molar refractivity (Wildman–Crippen MR) is 47.3 cm³/mol. The molecule has 1 aliphatic rings. The summed E-state index contributed by atoms with van der Waals surface area (Å²) in [6.07, 6.45) is 3.86. The predicted octanol–water partition coefficient (Wildman–Crippen LogP) is 1.03. The number of esters is 2. The summed E-state index contributed by atoms with van der Waals surface area (Å²) in [6.45, 7) is 0. The van der Waals surface area contributed by atoms with E-state index < -0.39 is 11.9 Å². The second kappa shape index (κ2) is 3.57. The van der Waals surface area contributed by atoms with Crippen LogP contribution < -0.4 is 0 Å². The van der Waals surface area contributed by atoms with Crippen LogP contribution in [-0.2, 0) is 14.3 Å². The van der Waals surface area contributed by atoms with Gasteiger partial charge in [0.1, 0.15) is 0 Å². The molecule has 2 heterocycles. The average Bonchev–Trinajstić information content (AvgIpc) is 2.18. The highest BCUT2D eigenvalue weighted by molar-refractivity contribution is 5.89. The van der Waals surface area contributed by atoms with Crippen molar-refractivity contribution in [2.75, 3.05) is 0 Å². The number of hydrogen-bond donors (Lipinski definition) is 0. The molecular formula is C10H9NO3. The summed E-state index contributed by atoms with van der Waals surface area (Å²) in [5.41, 5.74) is 0.914. The van der Waals surface area contributed by atoms with Gasteiger partial charge in [0.05, 0.1) is 12.8 Å². The SMILES string of the molecule is O=C1CC(c2cccnc2)CC(=O)O1. The van der Waals surface area contributed by atoms with E-state index in [9.17, 15) is 9.59 Å². The van der Waals surface area contributed by atoms with Gasteiger partial charge in [-0.25, -0.2) is 0 Å². The molecule has 72 valence electrons. The average molecular weight is 191 g/mol. The number of cyclic esters (lactones) is 2. The molecule has 0 radical (unpaired) electrons. The first-order valence-electron chi connectivity index (χ1n) is 4.39. The Morgan fingerprint density at radius 1 is 1.29 bits per heavy atom. The van der Waals surface area contributed by atoms with Gasteiger partial charge in [-0.15, -0.1) is 0 Å². The number of carbonyl (C=O) groups is 2. The smallest absolute Gasteiger partial charge is 0.314 e. The molecule has 14 heavy (non-hydrogen) atoms. The lowest BCUT2D eigenvalue weighted by Gasteiger charge is -2.19. The Bertz CT molecular complexity index is 345. The molecule has 0 aromatic carbocycles. The van der Waals surface area contributed by atoms with Gasteiger partial charge >= 0.3 is 11.9 Å². The van der Waals surface area contributed by atoms with E-state index in [-0.39, 0.29) is 18.8 Å². The Hall–Kier alpha value is -1.71. The molecule has 4 nitrogen and oxygen atoms in total. The standard InChI is InChI=1S/C10H9NO3/c12-9-4-8(5-10(13)14-9)7-2-1-3-11-6-7/h1-3,6,8H,4-5H2. The minimum Gasteiger partial charge on any atom is -0.393 e. The quantitative estimate of drug-likeness (QED) is 0.491. The monoisotopic (exact) mass is 191 g/mol. The first-order valence-corrected chi connectivity index (χ1v) is 4.39. The minimum atomic E-state index is -0.449. The maximum atomic E-state index is 11.0. The van der Waals surface area contributed by atoms with E-state index in [4.69, 9.17) is 0 Å². The lowest BCUT2D eigenvalue weighted by atomic mass is 9.92. The van der Waals surface area contributed by atoms with Crippen LogP contribution in [0.2, 0.25) is 0 Å². The van der Waals surface area contributed by atoms with Gasteiger partial charge in [0, 0.05) is 18.3 Å². The van der Waals surface area contributed by atoms with Crippen molar-refractivity contribution in [3.05, 3.63) is 30.1 Å². The molecule has 0 atom stereocenters. The summed E-state index contributed by atoms with van der Waals surface area (Å²) in [5.74, 6) is -0.970. The second-order valence-electron chi connectivity index (χ2n) is 3.24. The Morgan fingerprint density at radius 3 is 2.57 bits per heavy atom. The lowest BCUT2D eigenvalue weighted by Crippen LogP contribution is -2.24. The summed E-state index contributed by atoms with van der Waals surface area (Å²) in [6, 6.07) is 3.66. The molecule has 0 unspecified atom stereocenters. The summed E-state index contributed by atoms with van der Waals surface area (Å²) in [5, 5.41) is 0. The van der Waals surface area contributed by atoms with Crippen LogP contribution in [0.25, 0.3) is 0 Å². The van der Waals surface area contributed by atoms with Gasteiger partial charge in [-0.1, -0.05) is 6.07 Å². The molecule has 0 amide bonds. The summed E-state index contributed by atoms with van der Waals surface area (Å²) < 4.78 is 4.44. The molecule has 1 aromatic rings. The molecule has 0 bridgehead atoms. The van der Waals surface area contributed by atoms with Crippen molar-refractivity contribution in [3.8, 4) is 0 Å². The first-order chi connectivity index (χ1) is 6.75. The fourth-order valence-electron chi connectivity index (χ4n) is 1.54. The highest BCUT2D eigenvalue weighted by atomic mass is 16.6. The minimum absolute atomic E-state index is 0.0718. The zero-order valence-electron chi connectivity index (χ0n) is 7.47. The third-order valence-corrected chi connectivity index (χ3v) is 2.21. The molecule has 0 aliphatic carbocycles. The highest BCUT2D eigenvalue weighted by Gasteiger charge is 2.28. The van der Waals surface area contributed by atoms with E-state index >= 15 is 0 Å². The van der Waals surface area contributed by atoms with Crippen LogP contribution in [0.5, 0.6) is 0 Å². The van der Waals surface area contributed by atoms with E-state index in [0.717, 1.165) is 5.56 Å². The van der Waals surface area contributed by atoms with Crippen molar-refractivity contribution < 1.29 is 14.3 Å². The van der Waals surface area contributed by atoms with E-state index in [0.29, 0.717) is 0 Å². The molecule has 1 fully saturated rings. The molecule has 4 heteroatoms. The number of hydrogen-bond acceptors (Lipinski definition) is 4. The lowest BCUT2D eigenvalue weighted by molar-refractivity contribution is -0.163. The molecule has 0 saturated carbocycles. The van der Waals surface area contributed by atoms with Gasteiger partial charge in [-0.3, -0.25) is 14.6 Å². The van der Waals surface area contributed by atoms with E-state index in [1.807, 2.05) is 6.07 Å². The van der Waals surface area contributed by atoms with Crippen molar-refractivity contribution in [2.24, 2.45) is 0 Å². The Kier molecular flexibility index (Phi) is 2.26. The molecule has 1 aliphatic heterocycles. The maximum absolute atomic E-state index is 11.0. The Labute approximate surface area is 80.9 Å². The number of aromatic nitrogens is 1. The molecule has 0 N–H and O–H groups in total. The van der Waals surface area contributed by atoms with Gasteiger partial charge in [-0.2, -0.15) is 0 Å². The zero-order chi connectivity index (χ0) is 9.97. The van der Waals surface area contributed by atoms with Crippen LogP contribution in [0.3, 0.4) is 0 Å². The van der Waals surface area contributed by atoms with Gasteiger partial charge in [0.15, 0.2) is 0 Å². The number of ether oxygens (including phenoxy) is 1. The van der Waals surface area contributed by atoms with Crippen LogP contribution in [0.1, 0.15) is 24.3 Å². The summed E-state index contributed by atoms with van der Waals surface area (Å²) in [4.78, 5) is 25.9. The number of nitrogens with zero attached hydrogens (tertiary/aromatic N) is 1. The normalized spacial score (nSPS) is 18.0. The number of carbonyl (C=O) groups excluding carboxylic acids is 2. The van der Waals surface area contributed by atoms with Crippen molar-refractivity contribution >= 4 is 11.9 Å². The van der Waals surface area contributed by atoms with Crippen molar-refractivity contribution in [1.82, 2.24) is 4.98 Å². The number of rotatable bonds is 1. The first kappa shape index (κ1) is 8.87. The van der Waals surface area contributed by atoms with E-state index in [1.165, 1.54) is 0 Å². The topological polar surface area (TPSA) is 56.3 Å². The third kappa shape index (κ3) is 1.79. The van der Waals surface area contributed by atoms with E-state index in [2.05, 4.69) is 9.72 Å². The molecule has 1 aromatic heterocycles. The third-order valence-electron chi connectivity index (χ3n) is 2.21. The van der Waals surface area contributed by atoms with Crippen LogP contribution in [0.15, 0.2) is 24.5 Å².